The first kappa shape index (κ1) is 12.1. The van der Waals surface area contributed by atoms with Gasteiger partial charge in [0, 0.05) is 5.92 Å². The Morgan fingerprint density at radius 2 is 2.35 bits per heavy atom. The van der Waals surface area contributed by atoms with Crippen LogP contribution in [0.2, 0.25) is 0 Å². The first-order valence-corrected chi connectivity index (χ1v) is 5.18. The van der Waals surface area contributed by atoms with Gasteiger partial charge < -0.3 is 24.8 Å². The third kappa shape index (κ3) is 1.74. The third-order valence-electron chi connectivity index (χ3n) is 3.23. The zero-order valence-corrected chi connectivity index (χ0v) is 9.24. The van der Waals surface area contributed by atoms with Crippen molar-refractivity contribution in [3.8, 4) is 0 Å². The quantitative estimate of drug-likeness (QED) is 0.421. The lowest BCUT2D eigenvalue weighted by molar-refractivity contribution is -0.171. The van der Waals surface area contributed by atoms with Crippen LogP contribution in [0.1, 0.15) is 0 Å². The molecule has 4 atom stereocenters. The maximum Gasteiger partial charge on any atom is 0.337 e. The van der Waals surface area contributed by atoms with E-state index < -0.39 is 36.3 Å². The lowest BCUT2D eigenvalue weighted by Crippen LogP contribution is -2.48. The van der Waals surface area contributed by atoms with Gasteiger partial charge in [0.2, 0.25) is 6.29 Å². The average Bonchev–Trinajstić information content (AvgIpc) is 2.69. The van der Waals surface area contributed by atoms with E-state index in [1.54, 1.807) is 6.08 Å². The normalized spacial score (nSPS) is 39.3. The molecule has 0 bridgehead atoms. The minimum absolute atomic E-state index is 0.212. The van der Waals surface area contributed by atoms with E-state index >= 15 is 0 Å². The summed E-state index contributed by atoms with van der Waals surface area (Å²) in [6.45, 7) is -0.556. The summed E-state index contributed by atoms with van der Waals surface area (Å²) < 4.78 is 9.49. The fourth-order valence-corrected chi connectivity index (χ4v) is 2.30. The molecular weight excluding hydrogens is 228 g/mol. The van der Waals surface area contributed by atoms with Gasteiger partial charge >= 0.3 is 5.97 Å². The molecule has 0 aromatic carbocycles. The third-order valence-corrected chi connectivity index (χ3v) is 3.23. The second-order valence-electron chi connectivity index (χ2n) is 4.15. The molecule has 1 aliphatic carbocycles. The molecule has 2 rings (SSSR count). The minimum Gasteiger partial charge on any atom is -0.472 e. The Kier molecular flexibility index (Phi) is 2.94. The van der Waals surface area contributed by atoms with Crippen LogP contribution in [-0.4, -0.2) is 46.9 Å². The number of esters is 1. The molecular formula is C11H14O6. The highest BCUT2D eigenvalue weighted by atomic mass is 16.6. The van der Waals surface area contributed by atoms with E-state index in [4.69, 9.17) is 9.84 Å². The van der Waals surface area contributed by atoms with Gasteiger partial charge in [-0.2, -0.15) is 0 Å². The molecule has 0 spiro atoms. The highest BCUT2D eigenvalue weighted by Crippen LogP contribution is 2.43. The van der Waals surface area contributed by atoms with Crippen molar-refractivity contribution in [1.29, 1.82) is 0 Å². The van der Waals surface area contributed by atoms with E-state index in [0.717, 1.165) is 6.26 Å². The largest absolute Gasteiger partial charge is 0.472 e. The summed E-state index contributed by atoms with van der Waals surface area (Å²) in [7, 11) is 1.24. The summed E-state index contributed by atoms with van der Waals surface area (Å²) >= 11 is 0. The fourth-order valence-electron chi connectivity index (χ4n) is 2.30. The second-order valence-corrected chi connectivity index (χ2v) is 4.15. The van der Waals surface area contributed by atoms with Crippen molar-refractivity contribution in [3.63, 3.8) is 0 Å². The summed E-state index contributed by atoms with van der Waals surface area (Å²) in [5.74, 6) is -1.92. The van der Waals surface area contributed by atoms with Crippen molar-refractivity contribution in [2.45, 2.75) is 11.9 Å². The van der Waals surface area contributed by atoms with Crippen molar-refractivity contribution >= 4 is 5.97 Å². The number of methoxy groups -OCH3 is 1. The van der Waals surface area contributed by atoms with Crippen LogP contribution in [-0.2, 0) is 14.3 Å². The van der Waals surface area contributed by atoms with Gasteiger partial charge in [0.15, 0.2) is 0 Å². The standard InChI is InChI=1S/C11H14O6/c1-16-9(13)7-4-17-10(14)8-6(7)2-3-11(8,15)5-12/h2-4,6,8,10,12,14-15H,5H2,1H3/t6?,8?,10-,11-/m1/s1. The molecule has 2 unspecified atom stereocenters. The molecule has 1 aliphatic heterocycles. The molecule has 94 valence electrons. The molecule has 0 fully saturated rings. The maximum absolute atomic E-state index is 11.5. The molecule has 0 amide bonds. The number of rotatable bonds is 2. The lowest BCUT2D eigenvalue weighted by Gasteiger charge is -2.37. The van der Waals surface area contributed by atoms with Gasteiger partial charge in [-0.05, 0) is 0 Å². The van der Waals surface area contributed by atoms with Crippen LogP contribution in [0.4, 0.5) is 0 Å². The number of carbonyl (C=O) groups excluding carboxylic acids is 1. The molecule has 0 saturated heterocycles. The molecule has 0 aromatic heterocycles. The second kappa shape index (κ2) is 4.14. The Hall–Kier alpha value is -1.37. The maximum atomic E-state index is 11.5. The summed E-state index contributed by atoms with van der Waals surface area (Å²) in [6, 6.07) is 0. The van der Waals surface area contributed by atoms with Crippen LogP contribution < -0.4 is 0 Å². The lowest BCUT2D eigenvalue weighted by atomic mass is 9.79. The zero-order chi connectivity index (χ0) is 12.6. The van der Waals surface area contributed by atoms with E-state index in [1.165, 1.54) is 13.2 Å². The SMILES string of the molecule is COC(=O)C1=CO[C@@H](O)C2C1C=C[C@@]2(O)CO. The molecule has 1 heterocycles. The number of hydrogen-bond donors (Lipinski definition) is 3. The molecule has 0 saturated carbocycles. The van der Waals surface area contributed by atoms with Gasteiger partial charge in [-0.3, -0.25) is 0 Å². The Morgan fingerprint density at radius 1 is 1.65 bits per heavy atom. The van der Waals surface area contributed by atoms with Crippen molar-refractivity contribution in [1.82, 2.24) is 0 Å². The van der Waals surface area contributed by atoms with Gasteiger partial charge in [0.25, 0.3) is 0 Å². The smallest absolute Gasteiger partial charge is 0.337 e. The number of ether oxygens (including phenoxy) is 2. The Balaban J connectivity index is 2.34. The number of fused-ring (bicyclic) bond motifs is 1. The van der Waals surface area contributed by atoms with Crippen molar-refractivity contribution in [2.75, 3.05) is 13.7 Å². The zero-order valence-electron chi connectivity index (χ0n) is 9.24. The van der Waals surface area contributed by atoms with Crippen LogP contribution >= 0.6 is 0 Å². The minimum atomic E-state index is -1.59. The topological polar surface area (TPSA) is 96.2 Å². The Labute approximate surface area is 97.8 Å². The summed E-state index contributed by atoms with van der Waals surface area (Å²) in [4.78, 5) is 11.5. The number of hydrogen-bond acceptors (Lipinski definition) is 6. The van der Waals surface area contributed by atoms with Gasteiger partial charge in [-0.25, -0.2) is 4.79 Å². The number of aliphatic hydroxyl groups is 3. The van der Waals surface area contributed by atoms with Gasteiger partial charge in [0.05, 0.1) is 31.5 Å². The molecule has 6 heteroatoms. The number of allylic oxidation sites excluding steroid dienone is 1. The number of carbonyl (C=O) groups is 1. The number of aliphatic hydroxyl groups excluding tert-OH is 2. The highest BCUT2D eigenvalue weighted by Gasteiger charge is 2.52. The fraction of sp³-hybridized carbons (Fsp3) is 0.545. The van der Waals surface area contributed by atoms with Crippen molar-refractivity contribution in [3.05, 3.63) is 24.0 Å². The van der Waals surface area contributed by atoms with E-state index in [1.807, 2.05) is 0 Å². The Bertz CT molecular complexity index is 387. The van der Waals surface area contributed by atoms with Gasteiger partial charge in [-0.15, -0.1) is 0 Å². The molecule has 0 radical (unpaired) electrons. The Morgan fingerprint density at radius 3 is 2.94 bits per heavy atom. The van der Waals surface area contributed by atoms with Crippen molar-refractivity contribution in [2.24, 2.45) is 11.8 Å². The predicted octanol–water partition coefficient (Wildman–Crippen LogP) is -1.08. The molecule has 6 nitrogen and oxygen atoms in total. The summed E-state index contributed by atoms with van der Waals surface area (Å²) in [6.07, 6.45) is 2.79. The van der Waals surface area contributed by atoms with Gasteiger partial charge in [-0.1, -0.05) is 12.2 Å². The van der Waals surface area contributed by atoms with Crippen LogP contribution in [0.5, 0.6) is 0 Å². The first-order valence-electron chi connectivity index (χ1n) is 5.18. The van der Waals surface area contributed by atoms with E-state index in [9.17, 15) is 15.0 Å². The van der Waals surface area contributed by atoms with Crippen LogP contribution in [0.3, 0.4) is 0 Å². The molecule has 17 heavy (non-hydrogen) atoms. The predicted molar refractivity (Wildman–Crippen MR) is 55.3 cm³/mol. The van der Waals surface area contributed by atoms with Crippen LogP contribution in [0, 0.1) is 11.8 Å². The van der Waals surface area contributed by atoms with Crippen LogP contribution in [0.25, 0.3) is 0 Å². The monoisotopic (exact) mass is 242 g/mol. The van der Waals surface area contributed by atoms with Gasteiger partial charge in [0.1, 0.15) is 5.60 Å². The molecule has 3 N–H and O–H groups in total. The van der Waals surface area contributed by atoms with Crippen LogP contribution in [0.15, 0.2) is 24.0 Å². The summed E-state index contributed by atoms with van der Waals surface area (Å²) in [5.41, 5.74) is -1.37. The van der Waals surface area contributed by atoms with E-state index in [-0.39, 0.29) is 5.57 Å². The average molecular weight is 242 g/mol. The molecule has 0 aromatic rings. The van der Waals surface area contributed by atoms with E-state index in [2.05, 4.69) is 4.74 Å². The summed E-state index contributed by atoms with van der Waals surface area (Å²) in [5, 5.41) is 28.9. The van der Waals surface area contributed by atoms with E-state index in [0.29, 0.717) is 0 Å². The molecule has 2 aliphatic rings. The van der Waals surface area contributed by atoms with Crippen molar-refractivity contribution < 1.29 is 29.6 Å². The highest BCUT2D eigenvalue weighted by molar-refractivity contribution is 5.89. The first-order chi connectivity index (χ1) is 8.03.